The predicted molar refractivity (Wildman–Crippen MR) is 62.6 cm³/mol. The highest BCUT2D eigenvalue weighted by molar-refractivity contribution is 6.04. The topological polar surface area (TPSA) is 69.6 Å². The summed E-state index contributed by atoms with van der Waals surface area (Å²) in [5.74, 6) is -0.325. The molecule has 2 N–H and O–H groups in total. The number of aliphatic hydroxyl groups excluding tert-OH is 1. The van der Waals surface area contributed by atoms with Gasteiger partial charge >= 0.3 is 0 Å². The van der Waals surface area contributed by atoms with Gasteiger partial charge in [-0.2, -0.15) is 0 Å². The van der Waals surface area contributed by atoms with Crippen molar-refractivity contribution >= 4 is 17.5 Å². The van der Waals surface area contributed by atoms with Crippen LogP contribution in [0.1, 0.15) is 5.56 Å². The Balaban J connectivity index is 2.06. The number of benzene rings is 1. The van der Waals surface area contributed by atoms with Crippen LogP contribution in [0.3, 0.4) is 0 Å². The van der Waals surface area contributed by atoms with Gasteiger partial charge in [0.2, 0.25) is 11.8 Å². The van der Waals surface area contributed by atoms with E-state index in [4.69, 9.17) is 5.11 Å². The molecule has 1 aromatic rings. The van der Waals surface area contributed by atoms with Gasteiger partial charge in [-0.05, 0) is 11.6 Å². The van der Waals surface area contributed by atoms with E-state index >= 15 is 0 Å². The number of fused-ring (bicyclic) bond motifs is 1. The summed E-state index contributed by atoms with van der Waals surface area (Å²) in [4.78, 5) is 24.7. The SMILES string of the molecule is O=C(CN1C(=O)Cc2ccccc21)NCCO. The van der Waals surface area contributed by atoms with Gasteiger partial charge in [0.25, 0.3) is 0 Å². The van der Waals surface area contributed by atoms with Crippen LogP contribution in [-0.2, 0) is 16.0 Å². The molecule has 0 fully saturated rings. The smallest absolute Gasteiger partial charge is 0.240 e. The Kier molecular flexibility index (Phi) is 3.39. The van der Waals surface area contributed by atoms with E-state index in [0.29, 0.717) is 6.42 Å². The number of rotatable bonds is 4. The summed E-state index contributed by atoms with van der Waals surface area (Å²) < 4.78 is 0. The molecule has 0 unspecified atom stereocenters. The fourth-order valence-corrected chi connectivity index (χ4v) is 1.88. The second-order valence-corrected chi connectivity index (χ2v) is 3.86. The Labute approximate surface area is 99.0 Å². The summed E-state index contributed by atoms with van der Waals surface area (Å²) in [5.41, 5.74) is 1.75. The highest BCUT2D eigenvalue weighted by Crippen LogP contribution is 2.27. The minimum Gasteiger partial charge on any atom is -0.395 e. The molecular weight excluding hydrogens is 220 g/mol. The first-order chi connectivity index (χ1) is 8.22. The highest BCUT2D eigenvalue weighted by Gasteiger charge is 2.27. The molecule has 0 aromatic heterocycles. The van der Waals surface area contributed by atoms with E-state index in [-0.39, 0.29) is 31.5 Å². The maximum Gasteiger partial charge on any atom is 0.240 e. The second kappa shape index (κ2) is 4.97. The van der Waals surface area contributed by atoms with Gasteiger partial charge in [-0.25, -0.2) is 0 Å². The third-order valence-electron chi connectivity index (χ3n) is 2.66. The van der Waals surface area contributed by atoms with Gasteiger partial charge in [-0.1, -0.05) is 18.2 Å². The first kappa shape index (κ1) is 11.6. The van der Waals surface area contributed by atoms with Gasteiger partial charge in [0, 0.05) is 12.2 Å². The first-order valence-corrected chi connectivity index (χ1v) is 5.48. The van der Waals surface area contributed by atoms with Crippen molar-refractivity contribution in [1.29, 1.82) is 0 Å². The Hall–Kier alpha value is -1.88. The Bertz CT molecular complexity index is 445. The van der Waals surface area contributed by atoms with Gasteiger partial charge in [0.05, 0.1) is 13.0 Å². The molecule has 5 heteroatoms. The lowest BCUT2D eigenvalue weighted by Gasteiger charge is -2.16. The number of carbonyl (C=O) groups is 2. The molecule has 0 atom stereocenters. The van der Waals surface area contributed by atoms with Crippen LogP contribution in [0, 0.1) is 0 Å². The molecule has 0 saturated carbocycles. The van der Waals surface area contributed by atoms with Crippen molar-refractivity contribution in [2.24, 2.45) is 0 Å². The summed E-state index contributed by atoms with van der Waals surface area (Å²) in [6, 6.07) is 7.44. The number of aliphatic hydroxyl groups is 1. The van der Waals surface area contributed by atoms with E-state index < -0.39 is 0 Å². The molecule has 1 aliphatic rings. The van der Waals surface area contributed by atoms with Crippen LogP contribution in [0.15, 0.2) is 24.3 Å². The zero-order valence-corrected chi connectivity index (χ0v) is 9.35. The van der Waals surface area contributed by atoms with E-state index in [9.17, 15) is 9.59 Å². The van der Waals surface area contributed by atoms with Gasteiger partial charge < -0.3 is 15.3 Å². The third-order valence-corrected chi connectivity index (χ3v) is 2.66. The van der Waals surface area contributed by atoms with Crippen molar-refractivity contribution in [1.82, 2.24) is 5.32 Å². The molecule has 0 saturated heterocycles. The number of para-hydroxylation sites is 1. The van der Waals surface area contributed by atoms with E-state index in [1.807, 2.05) is 24.3 Å². The number of amides is 2. The lowest BCUT2D eigenvalue weighted by molar-refractivity contribution is -0.123. The minimum absolute atomic E-state index is 0.00977. The van der Waals surface area contributed by atoms with E-state index in [1.54, 1.807) is 0 Å². The van der Waals surface area contributed by atoms with Crippen molar-refractivity contribution in [3.63, 3.8) is 0 Å². The zero-order valence-electron chi connectivity index (χ0n) is 9.35. The predicted octanol–water partition coefficient (Wildman–Crippen LogP) is -0.316. The van der Waals surface area contributed by atoms with E-state index in [0.717, 1.165) is 11.3 Å². The van der Waals surface area contributed by atoms with Crippen molar-refractivity contribution in [3.05, 3.63) is 29.8 Å². The van der Waals surface area contributed by atoms with Gasteiger partial charge in [0.15, 0.2) is 0 Å². The minimum atomic E-state index is -0.260. The maximum absolute atomic E-state index is 11.7. The largest absolute Gasteiger partial charge is 0.395 e. The average molecular weight is 234 g/mol. The van der Waals surface area contributed by atoms with Gasteiger partial charge in [-0.3, -0.25) is 9.59 Å². The molecule has 17 heavy (non-hydrogen) atoms. The van der Waals surface area contributed by atoms with Crippen LogP contribution in [0.4, 0.5) is 5.69 Å². The molecule has 2 amide bonds. The molecule has 0 bridgehead atoms. The second-order valence-electron chi connectivity index (χ2n) is 3.86. The number of carbonyl (C=O) groups excluding carboxylic acids is 2. The lowest BCUT2D eigenvalue weighted by Crippen LogP contribution is -2.39. The maximum atomic E-state index is 11.7. The van der Waals surface area contributed by atoms with Crippen LogP contribution in [0.25, 0.3) is 0 Å². The van der Waals surface area contributed by atoms with E-state index in [1.165, 1.54) is 4.90 Å². The van der Waals surface area contributed by atoms with Crippen molar-refractivity contribution in [2.75, 3.05) is 24.6 Å². The average Bonchev–Trinajstić information content (AvgIpc) is 2.64. The van der Waals surface area contributed by atoms with Gasteiger partial charge in [0.1, 0.15) is 6.54 Å². The Morgan fingerprint density at radius 2 is 2.18 bits per heavy atom. The van der Waals surface area contributed by atoms with Crippen molar-refractivity contribution < 1.29 is 14.7 Å². The number of anilines is 1. The Morgan fingerprint density at radius 1 is 1.41 bits per heavy atom. The fraction of sp³-hybridized carbons (Fsp3) is 0.333. The van der Waals surface area contributed by atoms with Crippen LogP contribution in [0.5, 0.6) is 0 Å². The number of hydrogen-bond acceptors (Lipinski definition) is 3. The molecule has 90 valence electrons. The summed E-state index contributed by atoms with van der Waals surface area (Å²) in [6.45, 7) is 0.120. The van der Waals surface area contributed by atoms with Crippen molar-refractivity contribution in [2.45, 2.75) is 6.42 Å². The molecule has 1 aliphatic heterocycles. The van der Waals surface area contributed by atoms with Crippen LogP contribution in [-0.4, -0.2) is 36.6 Å². The fourth-order valence-electron chi connectivity index (χ4n) is 1.88. The van der Waals surface area contributed by atoms with Crippen LogP contribution < -0.4 is 10.2 Å². The number of nitrogens with one attached hydrogen (secondary N) is 1. The zero-order chi connectivity index (χ0) is 12.3. The third kappa shape index (κ3) is 2.45. The normalized spacial score (nSPS) is 13.7. The molecule has 5 nitrogen and oxygen atoms in total. The molecule has 2 rings (SSSR count). The monoisotopic (exact) mass is 234 g/mol. The lowest BCUT2D eigenvalue weighted by atomic mass is 10.2. The molecule has 1 aromatic carbocycles. The number of hydrogen-bond donors (Lipinski definition) is 2. The summed E-state index contributed by atoms with van der Waals surface area (Å²) in [5, 5.41) is 11.1. The molecule has 1 heterocycles. The molecule has 0 spiro atoms. The van der Waals surface area contributed by atoms with Crippen LogP contribution >= 0.6 is 0 Å². The van der Waals surface area contributed by atoms with E-state index in [2.05, 4.69) is 5.32 Å². The standard InChI is InChI=1S/C12H14N2O3/c15-6-5-13-11(16)8-14-10-4-2-1-3-9(10)7-12(14)17/h1-4,15H,5-8H2,(H,13,16). The van der Waals surface area contributed by atoms with Gasteiger partial charge in [-0.15, -0.1) is 0 Å². The quantitative estimate of drug-likeness (QED) is 0.750. The molecular formula is C12H14N2O3. The molecule has 0 radical (unpaired) electrons. The first-order valence-electron chi connectivity index (χ1n) is 5.48. The summed E-state index contributed by atoms with van der Waals surface area (Å²) in [7, 11) is 0. The van der Waals surface area contributed by atoms with Crippen molar-refractivity contribution in [3.8, 4) is 0 Å². The van der Waals surface area contributed by atoms with Crippen LogP contribution in [0.2, 0.25) is 0 Å². The molecule has 0 aliphatic carbocycles. The number of nitrogens with zero attached hydrogens (tertiary/aromatic N) is 1. The highest BCUT2D eigenvalue weighted by atomic mass is 16.3. The summed E-state index contributed by atoms with van der Waals surface area (Å²) in [6.07, 6.45) is 0.351. The summed E-state index contributed by atoms with van der Waals surface area (Å²) >= 11 is 0. The Morgan fingerprint density at radius 3 is 2.94 bits per heavy atom.